The third-order valence-corrected chi connectivity index (χ3v) is 5.82. The van der Waals surface area contributed by atoms with Crippen molar-refractivity contribution in [1.29, 1.82) is 0 Å². The van der Waals surface area contributed by atoms with Crippen LogP contribution in [-0.2, 0) is 14.3 Å². The Morgan fingerprint density at radius 3 is 1.97 bits per heavy atom. The molecular weight excluding hydrogens is 418 g/mol. The Morgan fingerprint density at radius 2 is 1.36 bits per heavy atom. The number of hydrogen-bond donors (Lipinski definition) is 1. The van der Waals surface area contributed by atoms with Crippen molar-refractivity contribution in [3.8, 4) is 11.1 Å². The van der Waals surface area contributed by atoms with Crippen LogP contribution in [0.1, 0.15) is 38.5 Å². The second kappa shape index (κ2) is 9.69. The molecule has 1 aliphatic rings. The summed E-state index contributed by atoms with van der Waals surface area (Å²) >= 11 is 0. The molecule has 0 aliphatic heterocycles. The molecule has 1 N–H and O–H groups in total. The monoisotopic (exact) mass is 443 g/mol. The quantitative estimate of drug-likeness (QED) is 0.541. The van der Waals surface area contributed by atoms with Crippen LogP contribution in [0.5, 0.6) is 0 Å². The first-order valence-corrected chi connectivity index (χ1v) is 10.8. The Balaban J connectivity index is 1.26. The first-order chi connectivity index (χ1) is 16.0. The maximum atomic E-state index is 12.3. The fourth-order valence-corrected chi connectivity index (χ4v) is 4.23. The van der Waals surface area contributed by atoms with E-state index in [1.54, 1.807) is 0 Å². The number of carbonyl (C=O) groups is 3. The Hall–Kier alpha value is -3.93. The summed E-state index contributed by atoms with van der Waals surface area (Å²) in [6.07, 6.45) is -0.689. The van der Waals surface area contributed by atoms with Gasteiger partial charge in [0.25, 0.3) is 0 Å². The Labute approximate surface area is 192 Å². The highest BCUT2D eigenvalue weighted by Crippen LogP contribution is 2.44. The number of fused-ring (bicyclic) bond motifs is 3. The van der Waals surface area contributed by atoms with Crippen molar-refractivity contribution in [3.63, 3.8) is 0 Å². The highest BCUT2D eigenvalue weighted by atomic mass is 16.5. The van der Waals surface area contributed by atoms with E-state index < -0.39 is 24.5 Å². The number of nitrogens with one attached hydrogen (secondary N) is 1. The van der Waals surface area contributed by atoms with Crippen LogP contribution in [0.4, 0.5) is 4.79 Å². The summed E-state index contributed by atoms with van der Waals surface area (Å²) in [5.41, 5.74) is 6.52. The zero-order valence-electron chi connectivity index (χ0n) is 18.6. The van der Waals surface area contributed by atoms with Crippen molar-refractivity contribution >= 4 is 17.8 Å². The maximum Gasteiger partial charge on any atom is 0.407 e. The number of ketones is 1. The molecule has 0 unspecified atom stereocenters. The second-order valence-electron chi connectivity index (χ2n) is 8.06. The van der Waals surface area contributed by atoms with Gasteiger partial charge in [0.2, 0.25) is 0 Å². The van der Waals surface area contributed by atoms with Crippen LogP contribution in [0.3, 0.4) is 0 Å². The van der Waals surface area contributed by atoms with Crippen LogP contribution in [0.2, 0.25) is 0 Å². The van der Waals surface area contributed by atoms with E-state index in [1.807, 2.05) is 68.4 Å². The summed E-state index contributed by atoms with van der Waals surface area (Å²) in [5, 5.41) is 2.44. The summed E-state index contributed by atoms with van der Waals surface area (Å²) < 4.78 is 10.5. The molecule has 0 aromatic heterocycles. The Kier molecular flexibility index (Phi) is 6.54. The van der Waals surface area contributed by atoms with Gasteiger partial charge in [-0.2, -0.15) is 0 Å². The third-order valence-electron chi connectivity index (χ3n) is 5.82. The van der Waals surface area contributed by atoms with E-state index in [-0.39, 0.29) is 19.1 Å². The number of alkyl carbamates (subject to hydrolysis) is 1. The summed E-state index contributed by atoms with van der Waals surface area (Å²) in [4.78, 5) is 36.6. The number of Topliss-reactive ketones (excluding diaryl/α,β-unsaturated/α-hetero) is 1. The fourth-order valence-electron chi connectivity index (χ4n) is 4.23. The average molecular weight is 443 g/mol. The minimum atomic E-state index is -0.689. The molecule has 0 heterocycles. The highest BCUT2D eigenvalue weighted by Gasteiger charge is 2.29. The predicted octanol–water partition coefficient (Wildman–Crippen LogP) is 4.57. The number of esters is 1. The standard InChI is InChI=1S/C27H25NO5/c1-17-8-7-9-18(2)25(17)26(30)32-15-19(29)14-28-27(31)33-16-24-22-12-5-3-10-20(22)21-11-4-6-13-23(21)24/h3-13,24H,14-16H2,1-2H3,(H,28,31). The molecule has 0 saturated heterocycles. The smallest absolute Gasteiger partial charge is 0.407 e. The van der Waals surface area contributed by atoms with Gasteiger partial charge in [-0.3, -0.25) is 4.79 Å². The Morgan fingerprint density at radius 1 is 0.788 bits per heavy atom. The molecule has 0 fully saturated rings. The van der Waals surface area contributed by atoms with Gasteiger partial charge in [0.05, 0.1) is 12.1 Å². The molecule has 3 aromatic rings. The lowest BCUT2D eigenvalue weighted by molar-refractivity contribution is -0.121. The van der Waals surface area contributed by atoms with Crippen LogP contribution >= 0.6 is 0 Å². The molecule has 0 radical (unpaired) electrons. The van der Waals surface area contributed by atoms with Gasteiger partial charge >= 0.3 is 12.1 Å². The molecule has 33 heavy (non-hydrogen) atoms. The van der Waals surface area contributed by atoms with E-state index in [2.05, 4.69) is 17.4 Å². The van der Waals surface area contributed by atoms with Gasteiger partial charge < -0.3 is 14.8 Å². The van der Waals surface area contributed by atoms with Crippen molar-refractivity contribution in [1.82, 2.24) is 5.32 Å². The van der Waals surface area contributed by atoms with Crippen molar-refractivity contribution in [3.05, 3.63) is 94.5 Å². The molecule has 1 amide bonds. The summed E-state index contributed by atoms with van der Waals surface area (Å²) in [6.45, 7) is 3.08. The molecule has 0 saturated carbocycles. The molecule has 1 aliphatic carbocycles. The first-order valence-electron chi connectivity index (χ1n) is 10.8. The van der Waals surface area contributed by atoms with Crippen molar-refractivity contribution in [2.24, 2.45) is 0 Å². The molecular formula is C27H25NO5. The highest BCUT2D eigenvalue weighted by molar-refractivity contribution is 5.94. The number of hydrogen-bond acceptors (Lipinski definition) is 5. The first kappa shape index (κ1) is 22.3. The number of ether oxygens (including phenoxy) is 2. The van der Waals surface area contributed by atoms with E-state index in [0.717, 1.165) is 33.4 Å². The van der Waals surface area contributed by atoms with Gasteiger partial charge in [0.1, 0.15) is 6.61 Å². The van der Waals surface area contributed by atoms with Crippen LogP contribution in [0.15, 0.2) is 66.7 Å². The molecule has 0 atom stereocenters. The zero-order chi connectivity index (χ0) is 23.4. The lowest BCUT2D eigenvalue weighted by atomic mass is 9.98. The topological polar surface area (TPSA) is 81.7 Å². The fraction of sp³-hybridized carbons (Fsp3) is 0.222. The van der Waals surface area contributed by atoms with Gasteiger partial charge in [-0.1, -0.05) is 66.7 Å². The Bertz CT molecular complexity index is 1150. The third kappa shape index (κ3) is 4.80. The van der Waals surface area contributed by atoms with Gasteiger partial charge in [-0.05, 0) is 47.2 Å². The molecule has 3 aromatic carbocycles. The van der Waals surface area contributed by atoms with Crippen LogP contribution in [-0.4, -0.2) is 37.6 Å². The van der Waals surface area contributed by atoms with E-state index in [0.29, 0.717) is 5.56 Å². The number of aryl methyl sites for hydroxylation is 2. The maximum absolute atomic E-state index is 12.3. The van der Waals surface area contributed by atoms with Crippen LogP contribution in [0, 0.1) is 13.8 Å². The number of carbonyl (C=O) groups excluding carboxylic acids is 3. The normalized spacial score (nSPS) is 11.9. The summed E-state index contributed by atoms with van der Waals surface area (Å²) in [5.74, 6) is -1.04. The van der Waals surface area contributed by atoms with E-state index in [4.69, 9.17) is 9.47 Å². The zero-order valence-corrected chi connectivity index (χ0v) is 18.6. The van der Waals surface area contributed by atoms with Crippen molar-refractivity contribution in [2.75, 3.05) is 19.8 Å². The molecule has 6 nitrogen and oxygen atoms in total. The SMILES string of the molecule is Cc1cccc(C)c1C(=O)OCC(=O)CNC(=O)OCC1c2ccccc2-c2ccccc21. The largest absolute Gasteiger partial charge is 0.454 e. The van der Waals surface area contributed by atoms with Crippen molar-refractivity contribution in [2.45, 2.75) is 19.8 Å². The second-order valence-corrected chi connectivity index (χ2v) is 8.06. The van der Waals surface area contributed by atoms with E-state index in [9.17, 15) is 14.4 Å². The van der Waals surface area contributed by atoms with E-state index >= 15 is 0 Å². The average Bonchev–Trinajstić information content (AvgIpc) is 3.13. The molecule has 168 valence electrons. The number of amides is 1. The molecule has 6 heteroatoms. The van der Waals surface area contributed by atoms with Gasteiger partial charge in [0.15, 0.2) is 12.4 Å². The van der Waals surface area contributed by atoms with Crippen molar-refractivity contribution < 1.29 is 23.9 Å². The predicted molar refractivity (Wildman–Crippen MR) is 124 cm³/mol. The van der Waals surface area contributed by atoms with Gasteiger partial charge in [-0.25, -0.2) is 9.59 Å². The van der Waals surface area contributed by atoms with Gasteiger partial charge in [0, 0.05) is 5.92 Å². The summed E-state index contributed by atoms with van der Waals surface area (Å²) in [7, 11) is 0. The summed E-state index contributed by atoms with van der Waals surface area (Å²) in [6, 6.07) is 21.6. The van der Waals surface area contributed by atoms with E-state index in [1.165, 1.54) is 0 Å². The number of benzene rings is 3. The van der Waals surface area contributed by atoms with Gasteiger partial charge in [-0.15, -0.1) is 0 Å². The van der Waals surface area contributed by atoms with Crippen LogP contribution in [0.25, 0.3) is 11.1 Å². The molecule has 0 bridgehead atoms. The van der Waals surface area contributed by atoms with Crippen LogP contribution < -0.4 is 5.32 Å². The minimum Gasteiger partial charge on any atom is -0.454 e. The lowest BCUT2D eigenvalue weighted by Gasteiger charge is -2.14. The number of rotatable bonds is 7. The molecule has 4 rings (SSSR count). The molecule has 0 spiro atoms. The lowest BCUT2D eigenvalue weighted by Crippen LogP contribution is -2.33. The minimum absolute atomic E-state index is 0.0582.